The Morgan fingerprint density at radius 3 is 2.52 bits per heavy atom. The van der Waals surface area contributed by atoms with Gasteiger partial charge in [0.2, 0.25) is 5.91 Å². The van der Waals surface area contributed by atoms with Crippen molar-refractivity contribution in [1.29, 1.82) is 0 Å². The first kappa shape index (κ1) is 16.4. The minimum absolute atomic E-state index is 0.359. The molecule has 1 saturated carbocycles. The zero-order chi connectivity index (χ0) is 17.1. The second kappa shape index (κ2) is 7.42. The van der Waals surface area contributed by atoms with Crippen molar-refractivity contribution in [3.63, 3.8) is 0 Å². The molecule has 1 aromatic carbocycles. The molecule has 1 aromatic heterocycles. The highest BCUT2D eigenvalue weighted by Gasteiger charge is 2.25. The van der Waals surface area contributed by atoms with E-state index in [-0.39, 0.29) is 0 Å². The van der Waals surface area contributed by atoms with Crippen LogP contribution in [0.15, 0.2) is 36.4 Å². The molecule has 2 aromatic rings. The van der Waals surface area contributed by atoms with Crippen LogP contribution in [0.3, 0.4) is 0 Å². The van der Waals surface area contributed by atoms with Crippen LogP contribution in [0, 0.1) is 5.92 Å². The number of nitrogens with zero attached hydrogens (tertiary/aromatic N) is 3. The Morgan fingerprint density at radius 2 is 1.72 bits per heavy atom. The van der Waals surface area contributed by atoms with Gasteiger partial charge in [0.25, 0.3) is 0 Å². The molecule has 1 amide bonds. The maximum absolute atomic E-state index is 12.6. The molecule has 4 nitrogen and oxygen atoms in total. The van der Waals surface area contributed by atoms with Gasteiger partial charge in [-0.05, 0) is 37.0 Å². The summed E-state index contributed by atoms with van der Waals surface area (Å²) in [5.74, 6) is 2.01. The van der Waals surface area contributed by atoms with Gasteiger partial charge < -0.3 is 9.80 Å². The summed E-state index contributed by atoms with van der Waals surface area (Å²) in [7, 11) is 0. The lowest BCUT2D eigenvalue weighted by molar-refractivity contribution is -0.132. The number of amides is 1. The number of benzene rings is 1. The van der Waals surface area contributed by atoms with E-state index in [0.29, 0.717) is 11.8 Å². The van der Waals surface area contributed by atoms with Crippen LogP contribution in [0.5, 0.6) is 0 Å². The highest BCUT2D eigenvalue weighted by atomic mass is 16.2. The number of hydrogen-bond acceptors (Lipinski definition) is 3. The molecule has 4 heteroatoms. The van der Waals surface area contributed by atoms with Crippen LogP contribution in [0.1, 0.15) is 38.5 Å². The van der Waals surface area contributed by atoms with Crippen LogP contribution < -0.4 is 4.90 Å². The SMILES string of the molecule is O=C(CC1CCCCC1)N1CCN(c2ccc3ccccc3n2)CC1. The molecular weight excluding hydrogens is 310 g/mol. The van der Waals surface area contributed by atoms with E-state index in [0.717, 1.165) is 43.9 Å². The van der Waals surface area contributed by atoms with Crippen LogP contribution in [-0.2, 0) is 4.79 Å². The minimum atomic E-state index is 0.359. The fourth-order valence-corrected chi connectivity index (χ4v) is 4.18. The van der Waals surface area contributed by atoms with Gasteiger partial charge in [0.05, 0.1) is 5.52 Å². The van der Waals surface area contributed by atoms with Crippen LogP contribution in [0.4, 0.5) is 5.82 Å². The number of fused-ring (bicyclic) bond motifs is 1. The quantitative estimate of drug-likeness (QED) is 0.853. The van der Waals surface area contributed by atoms with Gasteiger partial charge in [0.1, 0.15) is 5.82 Å². The van der Waals surface area contributed by atoms with Crippen molar-refractivity contribution in [3.05, 3.63) is 36.4 Å². The van der Waals surface area contributed by atoms with Crippen molar-refractivity contribution in [2.45, 2.75) is 38.5 Å². The van der Waals surface area contributed by atoms with E-state index in [4.69, 9.17) is 4.98 Å². The molecule has 0 radical (unpaired) electrons. The van der Waals surface area contributed by atoms with Crippen molar-refractivity contribution >= 4 is 22.6 Å². The number of carbonyl (C=O) groups is 1. The Labute approximate surface area is 149 Å². The number of carbonyl (C=O) groups excluding carboxylic acids is 1. The first-order valence-corrected chi connectivity index (χ1v) is 9.68. The summed E-state index contributed by atoms with van der Waals surface area (Å²) in [6.45, 7) is 3.39. The third-order valence-corrected chi connectivity index (χ3v) is 5.73. The normalized spacial score (nSPS) is 19.4. The maximum atomic E-state index is 12.6. The number of rotatable bonds is 3. The number of hydrogen-bond donors (Lipinski definition) is 0. The third-order valence-electron chi connectivity index (χ3n) is 5.73. The van der Waals surface area contributed by atoms with E-state index < -0.39 is 0 Å². The smallest absolute Gasteiger partial charge is 0.222 e. The first-order valence-electron chi connectivity index (χ1n) is 9.68. The first-order chi connectivity index (χ1) is 12.3. The van der Waals surface area contributed by atoms with E-state index in [1.807, 2.05) is 12.1 Å². The lowest BCUT2D eigenvalue weighted by Gasteiger charge is -2.36. The van der Waals surface area contributed by atoms with E-state index in [1.54, 1.807) is 0 Å². The molecule has 0 bridgehead atoms. The Kier molecular flexibility index (Phi) is 4.86. The Bertz CT molecular complexity index is 731. The molecular formula is C21H27N3O. The Morgan fingerprint density at radius 1 is 0.960 bits per heavy atom. The second-order valence-corrected chi connectivity index (χ2v) is 7.44. The van der Waals surface area contributed by atoms with Gasteiger partial charge in [0.15, 0.2) is 0 Å². The van der Waals surface area contributed by atoms with Crippen molar-refractivity contribution in [2.75, 3.05) is 31.1 Å². The lowest BCUT2D eigenvalue weighted by Crippen LogP contribution is -2.49. The summed E-state index contributed by atoms with van der Waals surface area (Å²) in [5, 5.41) is 1.17. The van der Waals surface area contributed by atoms with Crippen LogP contribution in [0.2, 0.25) is 0 Å². The molecule has 1 aliphatic carbocycles. The van der Waals surface area contributed by atoms with E-state index >= 15 is 0 Å². The molecule has 1 saturated heterocycles. The molecule has 2 fully saturated rings. The fraction of sp³-hybridized carbons (Fsp3) is 0.524. The topological polar surface area (TPSA) is 36.4 Å². The van der Waals surface area contributed by atoms with Crippen LogP contribution in [-0.4, -0.2) is 42.0 Å². The molecule has 2 aliphatic rings. The average molecular weight is 337 g/mol. The van der Waals surface area contributed by atoms with E-state index in [2.05, 4.69) is 34.1 Å². The monoisotopic (exact) mass is 337 g/mol. The van der Waals surface area contributed by atoms with Crippen LogP contribution >= 0.6 is 0 Å². The highest BCUT2D eigenvalue weighted by molar-refractivity contribution is 5.80. The van der Waals surface area contributed by atoms with E-state index in [1.165, 1.54) is 37.5 Å². The summed E-state index contributed by atoms with van der Waals surface area (Å²) in [6.07, 6.45) is 7.20. The van der Waals surface area contributed by atoms with Gasteiger partial charge in [-0.2, -0.15) is 0 Å². The minimum Gasteiger partial charge on any atom is -0.353 e. The van der Waals surface area contributed by atoms with Gasteiger partial charge in [-0.1, -0.05) is 37.5 Å². The fourth-order valence-electron chi connectivity index (χ4n) is 4.18. The molecule has 0 N–H and O–H groups in total. The number of piperazine rings is 1. The molecule has 2 heterocycles. The summed E-state index contributed by atoms with van der Waals surface area (Å²) in [4.78, 5) is 21.7. The summed E-state index contributed by atoms with van der Waals surface area (Å²) < 4.78 is 0. The van der Waals surface area contributed by atoms with Crippen molar-refractivity contribution < 1.29 is 4.79 Å². The van der Waals surface area contributed by atoms with Crippen molar-refractivity contribution in [1.82, 2.24) is 9.88 Å². The number of anilines is 1. The van der Waals surface area contributed by atoms with Crippen molar-refractivity contribution in [2.24, 2.45) is 5.92 Å². The van der Waals surface area contributed by atoms with Gasteiger partial charge in [-0.3, -0.25) is 4.79 Å². The van der Waals surface area contributed by atoms with E-state index in [9.17, 15) is 4.79 Å². The largest absolute Gasteiger partial charge is 0.353 e. The summed E-state index contributed by atoms with van der Waals surface area (Å²) >= 11 is 0. The van der Waals surface area contributed by atoms with Crippen molar-refractivity contribution in [3.8, 4) is 0 Å². The van der Waals surface area contributed by atoms with Gasteiger partial charge >= 0.3 is 0 Å². The number of aromatic nitrogens is 1. The average Bonchev–Trinajstić information content (AvgIpc) is 2.68. The lowest BCUT2D eigenvalue weighted by atomic mass is 9.86. The van der Waals surface area contributed by atoms with Gasteiger partial charge in [-0.25, -0.2) is 4.98 Å². The van der Waals surface area contributed by atoms with Gasteiger partial charge in [-0.15, -0.1) is 0 Å². The number of para-hydroxylation sites is 1. The summed E-state index contributed by atoms with van der Waals surface area (Å²) in [6, 6.07) is 12.5. The second-order valence-electron chi connectivity index (χ2n) is 7.44. The molecule has 1 aliphatic heterocycles. The maximum Gasteiger partial charge on any atom is 0.222 e. The molecule has 0 spiro atoms. The molecule has 25 heavy (non-hydrogen) atoms. The Balaban J connectivity index is 1.34. The third kappa shape index (κ3) is 3.78. The highest BCUT2D eigenvalue weighted by Crippen LogP contribution is 2.27. The molecule has 0 unspecified atom stereocenters. The predicted molar refractivity (Wildman–Crippen MR) is 102 cm³/mol. The van der Waals surface area contributed by atoms with Crippen LogP contribution in [0.25, 0.3) is 10.9 Å². The van der Waals surface area contributed by atoms with Gasteiger partial charge in [0, 0.05) is 38.0 Å². The summed E-state index contributed by atoms with van der Waals surface area (Å²) in [5.41, 5.74) is 1.04. The molecule has 4 rings (SSSR count). The molecule has 0 atom stereocenters. The number of pyridine rings is 1. The zero-order valence-electron chi connectivity index (χ0n) is 14.9. The Hall–Kier alpha value is -2.10. The molecule has 132 valence electrons. The standard InChI is InChI=1S/C21H27N3O/c25-21(16-17-6-2-1-3-7-17)24-14-12-23(13-15-24)20-11-10-18-8-4-5-9-19(18)22-20/h4-5,8-11,17H,1-3,6-7,12-16H2. The zero-order valence-corrected chi connectivity index (χ0v) is 14.9. The predicted octanol–water partition coefficient (Wildman–Crippen LogP) is 3.85.